The van der Waals surface area contributed by atoms with Crippen molar-refractivity contribution >= 4 is 11.8 Å². The fraction of sp³-hybridized carbons (Fsp3) is 0.455. The number of hydrogen-bond acceptors (Lipinski definition) is 1. The van der Waals surface area contributed by atoms with E-state index in [1.165, 1.54) is 11.1 Å². The SMILES string of the molecule is CSCc1ccc(C(C)C)cc1. The van der Waals surface area contributed by atoms with Gasteiger partial charge in [0.25, 0.3) is 0 Å². The van der Waals surface area contributed by atoms with Crippen molar-refractivity contribution in [2.24, 2.45) is 0 Å². The quantitative estimate of drug-likeness (QED) is 0.684. The van der Waals surface area contributed by atoms with Gasteiger partial charge in [-0.15, -0.1) is 0 Å². The van der Waals surface area contributed by atoms with Crippen LogP contribution in [0.25, 0.3) is 0 Å². The first-order valence-corrected chi connectivity index (χ1v) is 5.71. The van der Waals surface area contributed by atoms with E-state index in [1.54, 1.807) is 0 Å². The Morgan fingerprint density at radius 1 is 1.17 bits per heavy atom. The van der Waals surface area contributed by atoms with Gasteiger partial charge in [-0.3, -0.25) is 0 Å². The smallest absolute Gasteiger partial charge is 0.0181 e. The topological polar surface area (TPSA) is 0 Å². The summed E-state index contributed by atoms with van der Waals surface area (Å²) >= 11 is 1.87. The zero-order chi connectivity index (χ0) is 8.97. The van der Waals surface area contributed by atoms with E-state index in [2.05, 4.69) is 44.4 Å². The van der Waals surface area contributed by atoms with Crippen LogP contribution >= 0.6 is 11.8 Å². The summed E-state index contributed by atoms with van der Waals surface area (Å²) < 4.78 is 0. The third kappa shape index (κ3) is 2.56. The Kier molecular flexibility index (Phi) is 3.67. The van der Waals surface area contributed by atoms with E-state index < -0.39 is 0 Å². The molecule has 1 aromatic rings. The van der Waals surface area contributed by atoms with Gasteiger partial charge >= 0.3 is 0 Å². The lowest BCUT2D eigenvalue weighted by Crippen LogP contribution is -1.87. The summed E-state index contributed by atoms with van der Waals surface area (Å²) in [6.45, 7) is 4.45. The predicted molar refractivity (Wildman–Crippen MR) is 57.8 cm³/mol. The second-order valence-electron chi connectivity index (χ2n) is 3.33. The molecule has 0 atom stereocenters. The van der Waals surface area contributed by atoms with Crippen molar-refractivity contribution in [1.29, 1.82) is 0 Å². The van der Waals surface area contributed by atoms with Crippen LogP contribution in [0.15, 0.2) is 24.3 Å². The van der Waals surface area contributed by atoms with Gasteiger partial charge in [0.1, 0.15) is 0 Å². The highest BCUT2D eigenvalue weighted by atomic mass is 32.2. The maximum atomic E-state index is 2.23. The number of hydrogen-bond donors (Lipinski definition) is 0. The van der Waals surface area contributed by atoms with Gasteiger partial charge in [-0.05, 0) is 23.3 Å². The second-order valence-corrected chi connectivity index (χ2v) is 4.20. The molecule has 0 aliphatic heterocycles. The minimum atomic E-state index is 0.647. The van der Waals surface area contributed by atoms with Crippen molar-refractivity contribution in [3.63, 3.8) is 0 Å². The monoisotopic (exact) mass is 180 g/mol. The van der Waals surface area contributed by atoms with Crippen LogP contribution in [-0.2, 0) is 5.75 Å². The van der Waals surface area contributed by atoms with Gasteiger partial charge in [0.2, 0.25) is 0 Å². The maximum absolute atomic E-state index is 2.23. The molecule has 0 aliphatic carbocycles. The third-order valence-electron chi connectivity index (χ3n) is 1.96. The van der Waals surface area contributed by atoms with Gasteiger partial charge in [-0.25, -0.2) is 0 Å². The maximum Gasteiger partial charge on any atom is 0.0181 e. The number of thioether (sulfide) groups is 1. The molecule has 0 fully saturated rings. The lowest BCUT2D eigenvalue weighted by Gasteiger charge is -2.05. The van der Waals surface area contributed by atoms with Crippen LogP contribution in [0.2, 0.25) is 0 Å². The van der Waals surface area contributed by atoms with E-state index in [0.717, 1.165) is 5.75 Å². The zero-order valence-electron chi connectivity index (χ0n) is 8.00. The van der Waals surface area contributed by atoms with Crippen molar-refractivity contribution in [3.05, 3.63) is 35.4 Å². The van der Waals surface area contributed by atoms with E-state index in [9.17, 15) is 0 Å². The van der Waals surface area contributed by atoms with Crippen LogP contribution in [0.4, 0.5) is 0 Å². The van der Waals surface area contributed by atoms with Crippen LogP contribution in [0.5, 0.6) is 0 Å². The Balaban J connectivity index is 2.71. The highest BCUT2D eigenvalue weighted by Gasteiger charge is 1.97. The van der Waals surface area contributed by atoms with Gasteiger partial charge in [-0.1, -0.05) is 38.1 Å². The summed E-state index contributed by atoms with van der Waals surface area (Å²) in [5.41, 5.74) is 2.85. The molecule has 1 heteroatoms. The fourth-order valence-corrected chi connectivity index (χ4v) is 1.69. The van der Waals surface area contributed by atoms with Gasteiger partial charge in [0, 0.05) is 5.75 Å². The molecule has 0 saturated heterocycles. The molecular formula is C11H16S. The molecule has 0 spiro atoms. The van der Waals surface area contributed by atoms with Gasteiger partial charge in [0.15, 0.2) is 0 Å². The summed E-state index contributed by atoms with van der Waals surface area (Å²) in [5, 5.41) is 0. The minimum Gasteiger partial charge on any atom is -0.161 e. The molecule has 1 aromatic carbocycles. The minimum absolute atomic E-state index is 0.647. The first kappa shape index (κ1) is 9.66. The molecule has 0 N–H and O–H groups in total. The summed E-state index contributed by atoms with van der Waals surface area (Å²) in [4.78, 5) is 0. The lowest BCUT2D eigenvalue weighted by atomic mass is 10.0. The molecule has 0 aromatic heterocycles. The summed E-state index contributed by atoms with van der Waals surface area (Å²) in [6.07, 6.45) is 2.14. The van der Waals surface area contributed by atoms with Crippen molar-refractivity contribution in [3.8, 4) is 0 Å². The summed E-state index contributed by atoms with van der Waals surface area (Å²) in [7, 11) is 0. The Morgan fingerprint density at radius 2 is 1.75 bits per heavy atom. The molecule has 66 valence electrons. The summed E-state index contributed by atoms with van der Waals surface area (Å²) in [6, 6.07) is 8.92. The normalized spacial score (nSPS) is 10.7. The van der Waals surface area contributed by atoms with E-state index in [0.29, 0.717) is 5.92 Å². The molecule has 0 nitrogen and oxygen atoms in total. The Labute approximate surface area is 79.4 Å². The van der Waals surface area contributed by atoms with Gasteiger partial charge in [0.05, 0.1) is 0 Å². The first-order valence-electron chi connectivity index (χ1n) is 4.32. The standard InChI is InChI=1S/C11H16S/c1-9(2)11-6-4-10(5-7-11)8-12-3/h4-7,9H,8H2,1-3H3. The number of rotatable bonds is 3. The van der Waals surface area contributed by atoms with E-state index in [4.69, 9.17) is 0 Å². The van der Waals surface area contributed by atoms with E-state index in [-0.39, 0.29) is 0 Å². The fourth-order valence-electron chi connectivity index (χ4n) is 1.17. The largest absolute Gasteiger partial charge is 0.161 e. The van der Waals surface area contributed by atoms with Crippen molar-refractivity contribution in [2.45, 2.75) is 25.5 Å². The lowest BCUT2D eigenvalue weighted by molar-refractivity contribution is 0.866. The van der Waals surface area contributed by atoms with Crippen molar-refractivity contribution in [2.75, 3.05) is 6.26 Å². The predicted octanol–water partition coefficient (Wildman–Crippen LogP) is 3.67. The molecule has 0 amide bonds. The van der Waals surface area contributed by atoms with Gasteiger partial charge in [-0.2, -0.15) is 11.8 Å². The molecule has 0 bridgehead atoms. The van der Waals surface area contributed by atoms with E-state index >= 15 is 0 Å². The number of benzene rings is 1. The van der Waals surface area contributed by atoms with Crippen LogP contribution in [0.3, 0.4) is 0 Å². The molecular weight excluding hydrogens is 164 g/mol. The Hall–Kier alpha value is -0.430. The Morgan fingerprint density at radius 3 is 2.17 bits per heavy atom. The molecule has 0 saturated carbocycles. The molecule has 0 heterocycles. The van der Waals surface area contributed by atoms with Gasteiger partial charge < -0.3 is 0 Å². The highest BCUT2D eigenvalue weighted by Crippen LogP contribution is 2.16. The molecule has 0 radical (unpaired) electrons. The van der Waals surface area contributed by atoms with Crippen molar-refractivity contribution < 1.29 is 0 Å². The second kappa shape index (κ2) is 4.56. The van der Waals surface area contributed by atoms with Crippen LogP contribution in [0, 0.1) is 0 Å². The zero-order valence-corrected chi connectivity index (χ0v) is 8.82. The van der Waals surface area contributed by atoms with Crippen LogP contribution in [0.1, 0.15) is 30.9 Å². The Bertz CT molecular complexity index is 223. The van der Waals surface area contributed by atoms with Crippen LogP contribution < -0.4 is 0 Å². The average Bonchev–Trinajstić information content (AvgIpc) is 2.06. The molecule has 1 rings (SSSR count). The van der Waals surface area contributed by atoms with Crippen molar-refractivity contribution in [1.82, 2.24) is 0 Å². The summed E-state index contributed by atoms with van der Waals surface area (Å²) in [5.74, 6) is 1.77. The van der Waals surface area contributed by atoms with Crippen LogP contribution in [-0.4, -0.2) is 6.26 Å². The molecule has 0 unspecified atom stereocenters. The third-order valence-corrected chi connectivity index (χ3v) is 2.58. The highest BCUT2D eigenvalue weighted by molar-refractivity contribution is 7.97. The average molecular weight is 180 g/mol. The molecule has 12 heavy (non-hydrogen) atoms. The van der Waals surface area contributed by atoms with E-state index in [1.807, 2.05) is 11.8 Å². The first-order chi connectivity index (χ1) is 5.74. The molecule has 0 aliphatic rings.